The molecule has 2 aromatic rings. The molecule has 1 aromatic carbocycles. The molecular weight excluding hydrogens is 488 g/mol. The minimum atomic E-state index is -0.314. The molecule has 0 radical (unpaired) electrons. The minimum Gasteiger partial charge on any atom is -0.383 e. The van der Waals surface area contributed by atoms with E-state index >= 15 is 0 Å². The van der Waals surface area contributed by atoms with Crippen molar-refractivity contribution in [3.63, 3.8) is 0 Å². The van der Waals surface area contributed by atoms with Gasteiger partial charge in [0, 0.05) is 78.5 Å². The van der Waals surface area contributed by atoms with Gasteiger partial charge in [0.2, 0.25) is 5.91 Å². The first-order valence-electron chi connectivity index (χ1n) is 13.3. The maximum atomic E-state index is 13.4. The van der Waals surface area contributed by atoms with E-state index in [1.165, 1.54) is 0 Å². The number of amides is 3. The van der Waals surface area contributed by atoms with Gasteiger partial charge in [0.05, 0.1) is 19.8 Å². The molecule has 0 aliphatic carbocycles. The fourth-order valence-electron chi connectivity index (χ4n) is 4.67. The number of aryl methyl sites for hydroxylation is 1. The van der Waals surface area contributed by atoms with Crippen LogP contribution >= 0.6 is 0 Å². The lowest BCUT2D eigenvalue weighted by atomic mass is 10.2. The van der Waals surface area contributed by atoms with Crippen LogP contribution in [-0.2, 0) is 27.4 Å². The number of hydrogen-bond acceptors (Lipinski definition) is 7. The molecule has 11 nitrogen and oxygen atoms in total. The number of benzene rings is 1. The molecule has 0 unspecified atom stereocenters. The van der Waals surface area contributed by atoms with Crippen molar-refractivity contribution in [2.24, 2.45) is 0 Å². The highest BCUT2D eigenvalue weighted by atomic mass is 16.5. The van der Waals surface area contributed by atoms with E-state index in [-0.39, 0.29) is 36.4 Å². The van der Waals surface area contributed by atoms with Crippen molar-refractivity contribution in [3.05, 3.63) is 53.3 Å². The number of methoxy groups -OCH3 is 1. The number of morpholine rings is 1. The summed E-state index contributed by atoms with van der Waals surface area (Å²) in [5.74, 6) is -0.562. The Kier molecular flexibility index (Phi) is 10.2. The molecule has 3 amide bonds. The summed E-state index contributed by atoms with van der Waals surface area (Å²) in [6.45, 7) is 7.11. The molecule has 1 saturated heterocycles. The van der Waals surface area contributed by atoms with E-state index in [1.807, 2.05) is 30.3 Å². The van der Waals surface area contributed by atoms with Gasteiger partial charge in [-0.05, 0) is 12.0 Å². The number of carbonyl (C=O) groups is 3. The summed E-state index contributed by atoms with van der Waals surface area (Å²) in [5, 5.41) is 7.42. The van der Waals surface area contributed by atoms with Crippen LogP contribution in [0.15, 0.2) is 36.4 Å². The summed E-state index contributed by atoms with van der Waals surface area (Å²) in [7, 11) is 1.57. The Morgan fingerprint density at radius 1 is 1.11 bits per heavy atom. The van der Waals surface area contributed by atoms with Crippen LogP contribution in [0.5, 0.6) is 0 Å². The average Bonchev–Trinajstić information content (AvgIpc) is 3.31. The van der Waals surface area contributed by atoms with Crippen LogP contribution in [0.4, 0.5) is 0 Å². The molecule has 2 aliphatic rings. The van der Waals surface area contributed by atoms with Gasteiger partial charge in [0.25, 0.3) is 11.8 Å². The molecule has 3 heterocycles. The monoisotopic (exact) mass is 526 g/mol. The predicted molar refractivity (Wildman–Crippen MR) is 141 cm³/mol. The second-order valence-corrected chi connectivity index (χ2v) is 9.54. The number of carbonyl (C=O) groups excluding carboxylic acids is 3. The van der Waals surface area contributed by atoms with Crippen LogP contribution in [0.1, 0.15) is 39.4 Å². The van der Waals surface area contributed by atoms with Crippen LogP contribution in [0.3, 0.4) is 0 Å². The molecule has 11 heteroatoms. The van der Waals surface area contributed by atoms with E-state index in [0.29, 0.717) is 45.0 Å². The highest BCUT2D eigenvalue weighted by molar-refractivity contribution is 5.98. The van der Waals surface area contributed by atoms with Gasteiger partial charge in [-0.2, -0.15) is 5.10 Å². The fourth-order valence-corrected chi connectivity index (χ4v) is 4.67. The molecule has 0 bridgehead atoms. The third-order valence-electron chi connectivity index (χ3n) is 6.83. The van der Waals surface area contributed by atoms with Crippen LogP contribution in [0, 0.1) is 0 Å². The average molecular weight is 527 g/mol. The second-order valence-electron chi connectivity index (χ2n) is 9.54. The van der Waals surface area contributed by atoms with E-state index in [9.17, 15) is 14.4 Å². The fraction of sp³-hybridized carbons (Fsp3) is 0.556. The highest BCUT2D eigenvalue weighted by Crippen LogP contribution is 2.18. The molecule has 1 aromatic heterocycles. The SMILES string of the molecule is COCCN(CCC(=O)NCCN1CCOCC1)C(=O)c1cc2n(n1)CCCN(Cc1ccccc1)C2=O. The van der Waals surface area contributed by atoms with Gasteiger partial charge in [-0.25, -0.2) is 0 Å². The molecule has 0 spiro atoms. The van der Waals surface area contributed by atoms with Gasteiger partial charge in [0.15, 0.2) is 5.69 Å². The van der Waals surface area contributed by atoms with Gasteiger partial charge in [-0.3, -0.25) is 24.0 Å². The maximum absolute atomic E-state index is 13.4. The van der Waals surface area contributed by atoms with Crippen molar-refractivity contribution in [1.29, 1.82) is 0 Å². The molecule has 0 saturated carbocycles. The maximum Gasteiger partial charge on any atom is 0.274 e. The molecule has 1 N–H and O–H groups in total. The summed E-state index contributed by atoms with van der Waals surface area (Å²) in [6, 6.07) is 11.4. The number of aromatic nitrogens is 2. The predicted octanol–water partition coefficient (Wildman–Crippen LogP) is 0.856. The first kappa shape index (κ1) is 27.7. The Hall–Kier alpha value is -3.28. The zero-order valence-corrected chi connectivity index (χ0v) is 22.1. The number of fused-ring (bicyclic) bond motifs is 1. The first-order valence-corrected chi connectivity index (χ1v) is 13.3. The lowest BCUT2D eigenvalue weighted by Crippen LogP contribution is -2.42. The second kappa shape index (κ2) is 14.0. The van der Waals surface area contributed by atoms with Gasteiger partial charge >= 0.3 is 0 Å². The number of ether oxygens (including phenoxy) is 2. The lowest BCUT2D eigenvalue weighted by Gasteiger charge is -2.26. The third-order valence-corrected chi connectivity index (χ3v) is 6.83. The topological polar surface area (TPSA) is 109 Å². The summed E-state index contributed by atoms with van der Waals surface area (Å²) in [5.41, 5.74) is 1.67. The van der Waals surface area contributed by atoms with E-state index in [4.69, 9.17) is 9.47 Å². The normalized spacial score (nSPS) is 16.1. The molecule has 4 rings (SSSR count). The summed E-state index contributed by atoms with van der Waals surface area (Å²) in [6.07, 6.45) is 0.925. The molecule has 2 aliphatic heterocycles. The van der Waals surface area contributed by atoms with Gasteiger partial charge in [-0.1, -0.05) is 30.3 Å². The first-order chi connectivity index (χ1) is 18.5. The molecular formula is C27H38N6O5. The molecule has 206 valence electrons. The van der Waals surface area contributed by atoms with Crippen molar-refractivity contribution in [1.82, 2.24) is 29.8 Å². The van der Waals surface area contributed by atoms with E-state index in [1.54, 1.807) is 27.7 Å². The zero-order chi connectivity index (χ0) is 26.7. The number of nitrogens with one attached hydrogen (secondary N) is 1. The Balaban J connectivity index is 1.35. The van der Waals surface area contributed by atoms with E-state index < -0.39 is 0 Å². The van der Waals surface area contributed by atoms with Crippen molar-refractivity contribution in [3.8, 4) is 0 Å². The largest absolute Gasteiger partial charge is 0.383 e. The summed E-state index contributed by atoms with van der Waals surface area (Å²) >= 11 is 0. The van der Waals surface area contributed by atoms with E-state index in [2.05, 4.69) is 15.3 Å². The van der Waals surface area contributed by atoms with Crippen molar-refractivity contribution >= 4 is 17.7 Å². The van der Waals surface area contributed by atoms with Crippen molar-refractivity contribution in [2.75, 3.05) is 72.7 Å². The molecule has 0 atom stereocenters. The quantitative estimate of drug-likeness (QED) is 0.437. The van der Waals surface area contributed by atoms with Gasteiger partial charge in [-0.15, -0.1) is 0 Å². The Morgan fingerprint density at radius 3 is 2.66 bits per heavy atom. The Morgan fingerprint density at radius 2 is 1.89 bits per heavy atom. The summed E-state index contributed by atoms with van der Waals surface area (Å²) in [4.78, 5) is 44.8. The van der Waals surface area contributed by atoms with Crippen LogP contribution in [-0.4, -0.2) is 115 Å². The number of hydrogen-bond donors (Lipinski definition) is 1. The standard InChI is InChI=1S/C27H38N6O5/c1-37-17-16-31(12-8-25(34)28-9-13-30-14-18-38-19-15-30)26(35)23-20-24-27(36)32(10-5-11-33(24)29-23)21-22-6-3-2-4-7-22/h2-4,6-7,20H,5,8-19,21H2,1H3,(H,28,34). The third kappa shape index (κ3) is 7.62. The molecule has 1 fully saturated rings. The molecule has 38 heavy (non-hydrogen) atoms. The van der Waals surface area contributed by atoms with Crippen molar-refractivity contribution < 1.29 is 23.9 Å². The highest BCUT2D eigenvalue weighted by Gasteiger charge is 2.28. The van der Waals surface area contributed by atoms with Crippen LogP contribution < -0.4 is 5.32 Å². The van der Waals surface area contributed by atoms with E-state index in [0.717, 1.165) is 44.8 Å². The minimum absolute atomic E-state index is 0.110. The van der Waals surface area contributed by atoms with Crippen LogP contribution in [0.2, 0.25) is 0 Å². The Bertz CT molecular complexity index is 1070. The van der Waals surface area contributed by atoms with Crippen molar-refractivity contribution in [2.45, 2.75) is 25.9 Å². The van der Waals surface area contributed by atoms with Gasteiger partial charge in [0.1, 0.15) is 5.69 Å². The summed E-state index contributed by atoms with van der Waals surface area (Å²) < 4.78 is 12.2. The number of nitrogens with zero attached hydrogens (tertiary/aromatic N) is 5. The Labute approximate surface area is 223 Å². The van der Waals surface area contributed by atoms with Gasteiger partial charge < -0.3 is 24.6 Å². The number of rotatable bonds is 12. The lowest BCUT2D eigenvalue weighted by molar-refractivity contribution is -0.121. The smallest absolute Gasteiger partial charge is 0.274 e. The zero-order valence-electron chi connectivity index (χ0n) is 22.1. The van der Waals surface area contributed by atoms with Crippen LogP contribution in [0.25, 0.3) is 0 Å².